The van der Waals surface area contributed by atoms with Crippen molar-refractivity contribution < 1.29 is 0 Å². The molecule has 22 heavy (non-hydrogen) atoms. The molecule has 4 rings (SSSR count). The molecule has 1 aromatic carbocycles. The van der Waals surface area contributed by atoms with Crippen LogP contribution in [-0.2, 0) is 5.54 Å². The Labute approximate surface area is 128 Å². The molecule has 1 fully saturated rings. The Hall–Kier alpha value is -2.76. The van der Waals surface area contributed by atoms with Gasteiger partial charge in [-0.15, -0.1) is 0 Å². The second-order valence-corrected chi connectivity index (χ2v) is 5.58. The largest absolute Gasteiger partial charge is 0.352 e. The lowest BCUT2D eigenvalue weighted by atomic mass is 10.1. The summed E-state index contributed by atoms with van der Waals surface area (Å²) in [5, 5.41) is 7.54. The highest BCUT2D eigenvalue weighted by Gasteiger charge is 2.45. The van der Waals surface area contributed by atoms with Gasteiger partial charge in [0.05, 0.1) is 5.54 Å². The van der Waals surface area contributed by atoms with Crippen molar-refractivity contribution in [1.82, 2.24) is 24.7 Å². The van der Waals surface area contributed by atoms with E-state index in [0.29, 0.717) is 5.95 Å². The molecule has 1 aliphatic carbocycles. The van der Waals surface area contributed by atoms with Gasteiger partial charge in [0.2, 0.25) is 5.95 Å². The first-order valence-electron chi connectivity index (χ1n) is 7.32. The predicted octanol–water partition coefficient (Wildman–Crippen LogP) is 2.34. The lowest BCUT2D eigenvalue weighted by Gasteiger charge is -2.16. The number of hydrogen-bond acceptors (Lipinski definition) is 5. The number of hydrogen-bond donors (Lipinski definition) is 1. The molecule has 0 spiro atoms. The van der Waals surface area contributed by atoms with Crippen molar-refractivity contribution in [1.29, 1.82) is 0 Å². The van der Waals surface area contributed by atoms with Gasteiger partial charge in [0.1, 0.15) is 12.7 Å². The Morgan fingerprint density at radius 1 is 1.05 bits per heavy atom. The quantitative estimate of drug-likeness (QED) is 0.781. The molecule has 0 unspecified atom stereocenters. The average Bonchev–Trinajstić information content (AvgIpc) is 3.17. The maximum Gasteiger partial charge on any atom is 0.222 e. The number of benzene rings is 1. The molecule has 6 heteroatoms. The Kier molecular flexibility index (Phi) is 3.07. The van der Waals surface area contributed by atoms with Crippen LogP contribution in [0, 0.1) is 0 Å². The van der Waals surface area contributed by atoms with Crippen molar-refractivity contribution in [3.8, 4) is 11.1 Å². The van der Waals surface area contributed by atoms with Crippen LogP contribution in [-0.4, -0.2) is 31.3 Å². The molecule has 0 radical (unpaired) electrons. The maximum absolute atomic E-state index is 4.40. The van der Waals surface area contributed by atoms with E-state index in [9.17, 15) is 0 Å². The van der Waals surface area contributed by atoms with E-state index in [1.54, 1.807) is 12.7 Å². The highest BCUT2D eigenvalue weighted by molar-refractivity contribution is 5.61. The van der Waals surface area contributed by atoms with Gasteiger partial charge in [-0.05, 0) is 18.4 Å². The topological polar surface area (TPSA) is 68.5 Å². The molecule has 0 atom stereocenters. The Balaban J connectivity index is 1.44. The van der Waals surface area contributed by atoms with Crippen molar-refractivity contribution in [3.05, 3.63) is 55.4 Å². The molecule has 1 saturated carbocycles. The zero-order valence-electron chi connectivity index (χ0n) is 12.1. The van der Waals surface area contributed by atoms with Crippen molar-refractivity contribution in [2.24, 2.45) is 0 Å². The third-order valence-electron chi connectivity index (χ3n) is 4.07. The number of nitrogens with zero attached hydrogens (tertiary/aromatic N) is 5. The summed E-state index contributed by atoms with van der Waals surface area (Å²) in [6.07, 6.45) is 9.25. The summed E-state index contributed by atoms with van der Waals surface area (Å²) >= 11 is 0. The third kappa shape index (κ3) is 2.43. The number of aromatic nitrogens is 5. The zero-order chi connectivity index (χ0) is 14.8. The predicted molar refractivity (Wildman–Crippen MR) is 83.2 cm³/mol. The van der Waals surface area contributed by atoms with Crippen molar-refractivity contribution in [2.75, 3.05) is 11.9 Å². The molecule has 0 aliphatic heterocycles. The highest BCUT2D eigenvalue weighted by atomic mass is 15.4. The van der Waals surface area contributed by atoms with Crippen LogP contribution in [0.1, 0.15) is 12.8 Å². The molecule has 2 heterocycles. The van der Waals surface area contributed by atoms with Crippen LogP contribution >= 0.6 is 0 Å². The Bertz CT molecular complexity index is 732. The van der Waals surface area contributed by atoms with Crippen LogP contribution in [0.2, 0.25) is 0 Å². The summed E-state index contributed by atoms with van der Waals surface area (Å²) in [5.41, 5.74) is 2.18. The minimum absolute atomic E-state index is 0.0396. The monoisotopic (exact) mass is 292 g/mol. The van der Waals surface area contributed by atoms with Gasteiger partial charge in [0.15, 0.2) is 0 Å². The fourth-order valence-electron chi connectivity index (χ4n) is 2.53. The minimum atomic E-state index is 0.0396. The van der Waals surface area contributed by atoms with Gasteiger partial charge >= 0.3 is 0 Å². The van der Waals surface area contributed by atoms with Crippen molar-refractivity contribution in [3.63, 3.8) is 0 Å². The van der Waals surface area contributed by atoms with E-state index in [1.807, 2.05) is 35.3 Å². The molecule has 110 valence electrons. The smallest absolute Gasteiger partial charge is 0.222 e. The third-order valence-corrected chi connectivity index (χ3v) is 4.07. The molecule has 6 nitrogen and oxygen atoms in total. The van der Waals surface area contributed by atoms with E-state index in [0.717, 1.165) is 30.5 Å². The number of nitrogens with one attached hydrogen (secondary N) is 1. The van der Waals surface area contributed by atoms with Gasteiger partial charge in [-0.1, -0.05) is 30.3 Å². The average molecular weight is 292 g/mol. The molecule has 0 amide bonds. The minimum Gasteiger partial charge on any atom is -0.352 e. The molecular weight excluding hydrogens is 276 g/mol. The first kappa shape index (κ1) is 12.9. The van der Waals surface area contributed by atoms with Gasteiger partial charge < -0.3 is 5.32 Å². The Morgan fingerprint density at radius 3 is 2.45 bits per heavy atom. The summed E-state index contributed by atoms with van der Waals surface area (Å²) in [7, 11) is 0. The standard InChI is InChI=1S/C16H16N6/c1-2-4-13(5-3-1)14-8-18-15(19-9-14)20-10-16(6-7-16)22-12-17-11-21-22/h1-5,8-9,11-12H,6-7,10H2,(H,18,19,20). The van der Waals surface area contributed by atoms with E-state index in [4.69, 9.17) is 0 Å². The zero-order valence-corrected chi connectivity index (χ0v) is 12.1. The molecule has 3 aromatic rings. The van der Waals surface area contributed by atoms with Gasteiger partial charge in [0.25, 0.3) is 0 Å². The van der Waals surface area contributed by atoms with Crippen molar-refractivity contribution in [2.45, 2.75) is 18.4 Å². The lowest BCUT2D eigenvalue weighted by molar-refractivity contribution is 0.451. The van der Waals surface area contributed by atoms with Crippen LogP contribution in [0.25, 0.3) is 11.1 Å². The first-order valence-corrected chi connectivity index (χ1v) is 7.32. The second kappa shape index (κ2) is 5.22. The van der Waals surface area contributed by atoms with Gasteiger partial charge in [-0.2, -0.15) is 5.10 Å². The lowest BCUT2D eigenvalue weighted by Crippen LogP contribution is -2.27. The van der Waals surface area contributed by atoms with Gasteiger partial charge in [-0.25, -0.2) is 19.6 Å². The number of anilines is 1. The summed E-state index contributed by atoms with van der Waals surface area (Å²) in [6, 6.07) is 10.1. The van der Waals surface area contributed by atoms with Crippen LogP contribution in [0.4, 0.5) is 5.95 Å². The highest BCUT2D eigenvalue weighted by Crippen LogP contribution is 2.42. The summed E-state index contributed by atoms with van der Waals surface area (Å²) in [4.78, 5) is 12.8. The molecule has 0 bridgehead atoms. The van der Waals surface area contributed by atoms with Crippen LogP contribution in [0.5, 0.6) is 0 Å². The molecule has 0 saturated heterocycles. The summed E-state index contributed by atoms with van der Waals surface area (Å²) < 4.78 is 1.93. The van der Waals surface area contributed by atoms with E-state index in [-0.39, 0.29) is 5.54 Å². The molecule has 2 aromatic heterocycles. The van der Waals surface area contributed by atoms with Crippen LogP contribution in [0.3, 0.4) is 0 Å². The fourth-order valence-corrected chi connectivity index (χ4v) is 2.53. The van der Waals surface area contributed by atoms with Crippen molar-refractivity contribution >= 4 is 5.95 Å². The van der Waals surface area contributed by atoms with Gasteiger partial charge in [-0.3, -0.25) is 0 Å². The molecule has 1 N–H and O–H groups in total. The summed E-state index contributed by atoms with van der Waals surface area (Å²) in [6.45, 7) is 0.765. The summed E-state index contributed by atoms with van der Waals surface area (Å²) in [5.74, 6) is 0.645. The maximum atomic E-state index is 4.40. The number of rotatable bonds is 5. The second-order valence-electron chi connectivity index (χ2n) is 5.58. The fraction of sp³-hybridized carbons (Fsp3) is 0.250. The first-order chi connectivity index (χ1) is 10.9. The van der Waals surface area contributed by atoms with Crippen LogP contribution < -0.4 is 5.32 Å². The van der Waals surface area contributed by atoms with E-state index in [2.05, 4.69) is 37.5 Å². The van der Waals surface area contributed by atoms with E-state index < -0.39 is 0 Å². The molecular formula is C16H16N6. The molecule has 1 aliphatic rings. The SMILES string of the molecule is c1ccc(-c2cnc(NCC3(n4cncn4)CC3)nc2)cc1. The van der Waals surface area contributed by atoms with Gasteiger partial charge in [0, 0.05) is 24.5 Å². The van der Waals surface area contributed by atoms with E-state index in [1.165, 1.54) is 0 Å². The van der Waals surface area contributed by atoms with E-state index >= 15 is 0 Å². The normalized spacial score (nSPS) is 15.5. The van der Waals surface area contributed by atoms with Crippen LogP contribution in [0.15, 0.2) is 55.4 Å². The Morgan fingerprint density at radius 2 is 1.82 bits per heavy atom.